The number of thiazole rings is 5. The average Bonchev–Trinajstić information content (AvgIpc) is 1.71. The largest absolute Gasteiger partial charge is 0.497 e. The van der Waals surface area contributed by atoms with E-state index in [1.165, 1.54) is 53.5 Å². The number of hydrogen-bond donors (Lipinski definition) is 12. The zero-order chi connectivity index (χ0) is 86.3. The number of methoxy groups -OCH3 is 5. The zero-order valence-electron chi connectivity index (χ0n) is 66.7. The molecule has 0 saturated carbocycles. The van der Waals surface area contributed by atoms with Crippen molar-refractivity contribution >= 4 is 139 Å². The summed E-state index contributed by atoms with van der Waals surface area (Å²) in [5.74, 6) is 1.29. The minimum atomic E-state index is -1.43. The van der Waals surface area contributed by atoms with Crippen molar-refractivity contribution in [2.24, 2.45) is 11.5 Å². The number of carboxylic acid groups (broad SMARTS) is 2. The van der Waals surface area contributed by atoms with Crippen LogP contribution in [0, 0.1) is 11.5 Å². The van der Waals surface area contributed by atoms with Crippen molar-refractivity contribution in [1.29, 1.82) is 5.26 Å². The number of nitrogens with one attached hydrogen (secondary N) is 6. The van der Waals surface area contributed by atoms with Crippen molar-refractivity contribution in [1.82, 2.24) is 56.8 Å². The third kappa shape index (κ3) is 39.8. The molecule has 0 aliphatic heterocycles. The molecule has 5 aromatic carbocycles. The number of halogens is 2. The SMILES string of the molecule is CC(C)(C)OC(=O)NCCCN.COc1cccc(-c2ncc(C(=O)NCCCN)s2)c1.COc1cccc(-c2ncc(C(=O)NCCCNC#N)s2)c1.COc1cccc(-c2ncc(C(=O)NCCCNC(=O)OC(C)(C)C)s2)c1.COc1cccc(-c2ncc(C(=O)O)s2)c1.COc1cccc(B(O)O)c1.Cl.O=C(O)c1cnc(Br)s1. The van der Waals surface area contributed by atoms with Gasteiger partial charge in [-0.05, 0) is 162 Å². The number of amides is 5. The number of carboxylic acids is 2. The monoisotopic (exact) mass is 1800 g/mol. The number of hydrogen-bond acceptors (Lipinski definition) is 30. The van der Waals surface area contributed by atoms with Crippen LogP contribution in [0.5, 0.6) is 28.7 Å². The molecule has 14 N–H and O–H groups in total. The van der Waals surface area contributed by atoms with Crippen molar-refractivity contribution in [3.05, 3.63) is 181 Å². The fraction of sp³-hybridized carbons (Fsp3) is 0.321. The number of nitriles is 1. The van der Waals surface area contributed by atoms with Gasteiger partial charge in [0.1, 0.15) is 84.4 Å². The van der Waals surface area contributed by atoms with E-state index in [4.69, 9.17) is 70.1 Å². The van der Waals surface area contributed by atoms with Crippen molar-refractivity contribution < 1.29 is 87.0 Å². The van der Waals surface area contributed by atoms with Gasteiger partial charge < -0.3 is 96.8 Å². The van der Waals surface area contributed by atoms with Gasteiger partial charge in [0, 0.05) is 61.5 Å². The number of benzene rings is 5. The van der Waals surface area contributed by atoms with Crippen LogP contribution in [-0.4, -0.2) is 193 Å². The van der Waals surface area contributed by atoms with E-state index in [0.717, 1.165) is 95.8 Å². The second-order valence-electron chi connectivity index (χ2n) is 25.4. The van der Waals surface area contributed by atoms with Crippen LogP contribution in [0.2, 0.25) is 0 Å². The van der Waals surface area contributed by atoms with Crippen LogP contribution in [0.4, 0.5) is 9.59 Å². The first-order valence-corrected chi connectivity index (χ1v) is 40.5. The molecule has 40 heteroatoms. The van der Waals surface area contributed by atoms with Crippen LogP contribution in [0.3, 0.4) is 0 Å². The van der Waals surface area contributed by atoms with Gasteiger partial charge in [0.15, 0.2) is 10.1 Å². The highest BCUT2D eigenvalue weighted by molar-refractivity contribution is 9.11. The lowest BCUT2D eigenvalue weighted by Gasteiger charge is -2.19. The Morgan fingerprint density at radius 3 is 1.01 bits per heavy atom. The number of carbonyl (C=O) groups is 7. The molecule has 5 heterocycles. The zero-order valence-corrected chi connectivity index (χ0v) is 73.2. The van der Waals surface area contributed by atoms with E-state index in [0.29, 0.717) is 100.0 Å². The normalized spacial score (nSPS) is 10.2. The first-order chi connectivity index (χ1) is 55.9. The quantitative estimate of drug-likeness (QED) is 0.00896. The second kappa shape index (κ2) is 54.9. The second-order valence-corrected chi connectivity index (χ2v) is 31.9. The molecular weight excluding hydrogens is 1710 g/mol. The Balaban J connectivity index is 0.000000365. The van der Waals surface area contributed by atoms with E-state index < -0.39 is 36.4 Å². The van der Waals surface area contributed by atoms with Gasteiger partial charge in [-0.3, -0.25) is 14.4 Å². The van der Waals surface area contributed by atoms with Crippen LogP contribution in [0.1, 0.15) is 116 Å². The molecule has 118 heavy (non-hydrogen) atoms. The number of ether oxygens (including phenoxy) is 7. The average molecular weight is 1810 g/mol. The Kier molecular flexibility index (Phi) is 47.1. The molecule has 0 atom stereocenters. The van der Waals surface area contributed by atoms with Gasteiger partial charge in [0.05, 0.1) is 66.5 Å². The molecule has 0 unspecified atom stereocenters. The summed E-state index contributed by atoms with van der Waals surface area (Å²) in [5.41, 5.74) is 13.7. The number of nitrogens with two attached hydrogens (primary N) is 2. The van der Waals surface area contributed by atoms with Gasteiger partial charge in [-0.15, -0.1) is 69.1 Å². The standard InChI is InChI=1S/C19H25N3O4S.C15H16N4O2S.C14H17N3O2S.C11H9NO3S.C8H18N2O2.C7H9BO3.C4H2BrNO2S.ClH/c1-19(2,3)26-18(24)21-10-6-9-20-16(23)15-12-22-17(27-15)13-7-5-8-14(11-13)25-4;1-21-12-5-2-4-11(8-12)15-19-9-13(22-15)14(20)18-7-3-6-17-10-16;1-19-11-5-2-4-10(8-11)14-17-9-12(20-14)13(18)16-7-3-6-15;1-15-8-4-2-3-7(5-8)10-12-6-9(16-10)11(13)14;1-8(2,3)12-7(11)10-6-4-5-9;1-11-7-4-2-3-6(5-7)8(9)10;5-4-6-1-2(9-4)3(7)8;/h5,7-8,11-12H,6,9-10H2,1-4H3,(H,20,23)(H,21,24);2,4-5,8-9,17H,3,6-7H2,1H3,(H,18,20);2,4-5,8-9H,3,6-7,15H2,1H3,(H,16,18);2-6H,1H3,(H,13,14);4-6,9H2,1-3H3,(H,10,11);2-5,9-10H,1H3;1H,(H,7,8);1H. The topological polar surface area (TPSA) is 477 Å². The molecule has 32 nitrogen and oxygen atoms in total. The minimum absolute atomic E-state index is 0. The van der Waals surface area contributed by atoms with Crippen LogP contribution >= 0.6 is 85.0 Å². The Morgan fingerprint density at radius 1 is 0.432 bits per heavy atom. The third-order valence-electron chi connectivity index (χ3n) is 14.1. The number of alkyl carbamates (subject to hydrolysis) is 2. The Bertz CT molecular complexity index is 4760. The van der Waals surface area contributed by atoms with Gasteiger partial charge in [0.25, 0.3) is 17.7 Å². The predicted molar refractivity (Wildman–Crippen MR) is 466 cm³/mol. The lowest BCUT2D eigenvalue weighted by molar-refractivity contribution is 0.0516. The van der Waals surface area contributed by atoms with Gasteiger partial charge in [0.2, 0.25) is 0 Å². The molecule has 5 aromatic heterocycles. The summed E-state index contributed by atoms with van der Waals surface area (Å²) < 4.78 is 36.3. The maximum Gasteiger partial charge on any atom is 0.488 e. The number of aromatic nitrogens is 5. The lowest BCUT2D eigenvalue weighted by atomic mass is 9.80. The first-order valence-electron chi connectivity index (χ1n) is 35.7. The third-order valence-corrected chi connectivity index (χ3v) is 19.8. The van der Waals surface area contributed by atoms with Gasteiger partial charge in [-0.25, -0.2) is 44.1 Å². The molecule has 0 aliphatic carbocycles. The summed E-state index contributed by atoms with van der Waals surface area (Å²) in [6.07, 6.45) is 11.3. The molecule has 10 rings (SSSR count). The van der Waals surface area contributed by atoms with Crippen LogP contribution < -0.4 is 72.5 Å². The van der Waals surface area contributed by atoms with Crippen molar-refractivity contribution in [2.75, 3.05) is 87.9 Å². The molecular formula is C78H97BBrClN14O18S5. The molecule has 0 aliphatic rings. The highest BCUT2D eigenvalue weighted by atomic mass is 79.9. The minimum Gasteiger partial charge on any atom is -0.497 e. The Hall–Kier alpha value is -10.9. The van der Waals surface area contributed by atoms with Crippen molar-refractivity contribution in [3.63, 3.8) is 0 Å². The molecule has 0 bridgehead atoms. The molecule has 0 spiro atoms. The van der Waals surface area contributed by atoms with Crippen LogP contribution in [0.15, 0.2) is 156 Å². The van der Waals surface area contributed by atoms with E-state index in [1.54, 1.807) is 71.3 Å². The summed E-state index contributed by atoms with van der Waals surface area (Å²) in [5, 5.41) is 62.2. The fourth-order valence-corrected chi connectivity index (χ4v) is 13.0. The van der Waals surface area contributed by atoms with Crippen LogP contribution in [0.25, 0.3) is 42.3 Å². The molecule has 10 aromatic rings. The summed E-state index contributed by atoms with van der Waals surface area (Å²) in [6.45, 7) is 15.1. The van der Waals surface area contributed by atoms with E-state index in [2.05, 4.69) is 72.8 Å². The molecule has 0 fully saturated rings. The highest BCUT2D eigenvalue weighted by Gasteiger charge is 2.20. The van der Waals surface area contributed by atoms with Crippen molar-refractivity contribution in [2.45, 2.75) is 78.4 Å². The molecule has 0 saturated heterocycles. The van der Waals surface area contributed by atoms with E-state index in [1.807, 2.05) is 145 Å². The van der Waals surface area contributed by atoms with Gasteiger partial charge in [-0.2, -0.15) is 5.26 Å². The van der Waals surface area contributed by atoms with Gasteiger partial charge in [-0.1, -0.05) is 60.7 Å². The van der Waals surface area contributed by atoms with E-state index in [9.17, 15) is 33.6 Å². The molecule has 0 radical (unpaired) electrons. The highest BCUT2D eigenvalue weighted by Crippen LogP contribution is 2.32. The summed E-state index contributed by atoms with van der Waals surface area (Å²) in [4.78, 5) is 102. The van der Waals surface area contributed by atoms with Crippen LogP contribution in [-0.2, 0) is 9.47 Å². The molecule has 634 valence electrons. The summed E-state index contributed by atoms with van der Waals surface area (Å²) in [7, 11) is 6.53. The first kappa shape index (κ1) is 101. The number of aromatic carboxylic acids is 2. The maximum absolute atomic E-state index is 12.2. The predicted octanol–water partition coefficient (Wildman–Crippen LogP) is 12.1. The van der Waals surface area contributed by atoms with E-state index >= 15 is 0 Å². The summed E-state index contributed by atoms with van der Waals surface area (Å²) in [6, 6.07) is 36.7. The summed E-state index contributed by atoms with van der Waals surface area (Å²) >= 11 is 9.31. The smallest absolute Gasteiger partial charge is 0.488 e. The fourth-order valence-electron chi connectivity index (χ4n) is 8.62. The number of carbonyl (C=O) groups excluding carboxylic acids is 5. The number of nitrogens with zero attached hydrogens (tertiary/aromatic N) is 6. The molecule has 5 amide bonds. The Morgan fingerprint density at radius 2 is 0.720 bits per heavy atom. The van der Waals surface area contributed by atoms with E-state index in [-0.39, 0.29) is 46.0 Å². The lowest BCUT2D eigenvalue weighted by Crippen LogP contribution is -2.34. The van der Waals surface area contributed by atoms with Gasteiger partial charge >= 0.3 is 31.2 Å². The number of rotatable bonds is 29. The Labute approximate surface area is 719 Å². The van der Waals surface area contributed by atoms with Crippen molar-refractivity contribution in [3.8, 4) is 77.2 Å². The maximum atomic E-state index is 12.2.